The van der Waals surface area contributed by atoms with Crippen molar-refractivity contribution in [3.05, 3.63) is 58.3 Å². The van der Waals surface area contributed by atoms with E-state index >= 15 is 0 Å². The smallest absolute Gasteiger partial charge is 0.217 e. The van der Waals surface area contributed by atoms with Gasteiger partial charge in [-0.25, -0.2) is 0 Å². The molecule has 2 aromatic rings. The van der Waals surface area contributed by atoms with E-state index in [9.17, 15) is 4.79 Å². The highest BCUT2D eigenvalue weighted by Crippen LogP contribution is 2.20. The summed E-state index contributed by atoms with van der Waals surface area (Å²) < 4.78 is 1.02. The van der Waals surface area contributed by atoms with Gasteiger partial charge < -0.3 is 10.6 Å². The van der Waals surface area contributed by atoms with E-state index in [1.54, 1.807) is 6.20 Å². The van der Waals surface area contributed by atoms with Gasteiger partial charge in [0.1, 0.15) is 0 Å². The van der Waals surface area contributed by atoms with E-state index in [0.717, 1.165) is 21.4 Å². The van der Waals surface area contributed by atoms with Crippen molar-refractivity contribution in [1.82, 2.24) is 10.3 Å². The molecule has 1 aromatic carbocycles. The molecule has 0 saturated carbocycles. The number of hydrogen-bond donors (Lipinski definition) is 2. The van der Waals surface area contributed by atoms with Gasteiger partial charge in [0.2, 0.25) is 5.91 Å². The molecule has 1 heterocycles. The van der Waals surface area contributed by atoms with E-state index in [1.807, 2.05) is 36.4 Å². The van der Waals surface area contributed by atoms with Gasteiger partial charge in [0.15, 0.2) is 0 Å². The van der Waals surface area contributed by atoms with E-state index in [-0.39, 0.29) is 11.9 Å². The van der Waals surface area contributed by atoms with Gasteiger partial charge in [0.25, 0.3) is 0 Å². The number of pyridine rings is 1. The molecule has 0 bridgehead atoms. The van der Waals surface area contributed by atoms with Crippen molar-refractivity contribution in [3.8, 4) is 0 Å². The van der Waals surface area contributed by atoms with Gasteiger partial charge in [-0.2, -0.15) is 0 Å². The molecule has 0 aliphatic heterocycles. The van der Waals surface area contributed by atoms with Crippen LogP contribution in [0.25, 0.3) is 0 Å². The van der Waals surface area contributed by atoms with Gasteiger partial charge in [0.05, 0.1) is 11.7 Å². The normalized spacial score (nSPS) is 11.8. The molecule has 1 aromatic heterocycles. The van der Waals surface area contributed by atoms with Crippen LogP contribution < -0.4 is 10.6 Å². The van der Waals surface area contributed by atoms with E-state index in [2.05, 4.69) is 38.5 Å². The molecule has 0 saturated heterocycles. The minimum absolute atomic E-state index is 0.0217. The molecular formula is C16H18BrN3O. The van der Waals surface area contributed by atoms with Crippen molar-refractivity contribution in [2.45, 2.75) is 26.4 Å². The molecule has 2 rings (SSSR count). The van der Waals surface area contributed by atoms with Crippen LogP contribution in [0, 0.1) is 0 Å². The first kappa shape index (κ1) is 15.5. The van der Waals surface area contributed by atoms with Gasteiger partial charge in [0, 0.05) is 29.8 Å². The van der Waals surface area contributed by atoms with Crippen molar-refractivity contribution in [1.29, 1.82) is 0 Å². The average Bonchev–Trinajstić information content (AvgIpc) is 2.46. The molecule has 110 valence electrons. The Morgan fingerprint density at radius 3 is 2.62 bits per heavy atom. The monoisotopic (exact) mass is 347 g/mol. The molecule has 1 unspecified atom stereocenters. The topological polar surface area (TPSA) is 54.0 Å². The summed E-state index contributed by atoms with van der Waals surface area (Å²) in [5.41, 5.74) is 3.08. The zero-order chi connectivity index (χ0) is 15.2. The van der Waals surface area contributed by atoms with Crippen molar-refractivity contribution in [2.75, 3.05) is 5.32 Å². The third-order valence-corrected chi connectivity index (χ3v) is 3.56. The Morgan fingerprint density at radius 2 is 2.00 bits per heavy atom. The second-order valence-corrected chi connectivity index (χ2v) is 5.79. The van der Waals surface area contributed by atoms with Crippen LogP contribution in [0.5, 0.6) is 0 Å². The number of halogens is 1. The second-order valence-electron chi connectivity index (χ2n) is 4.87. The fourth-order valence-electron chi connectivity index (χ4n) is 1.93. The molecule has 0 aliphatic carbocycles. The van der Waals surface area contributed by atoms with Gasteiger partial charge in [-0.05, 0) is 36.8 Å². The number of amides is 1. The lowest BCUT2D eigenvalue weighted by Gasteiger charge is -2.15. The predicted octanol–water partition coefficient (Wildman–Crippen LogP) is 3.65. The van der Waals surface area contributed by atoms with Gasteiger partial charge in [-0.3, -0.25) is 9.78 Å². The van der Waals surface area contributed by atoms with E-state index in [1.165, 1.54) is 6.92 Å². The lowest BCUT2D eigenvalue weighted by Crippen LogP contribution is -2.18. The highest BCUT2D eigenvalue weighted by Gasteiger charge is 2.07. The van der Waals surface area contributed by atoms with Crippen LogP contribution in [0.1, 0.15) is 31.1 Å². The Kier molecular flexibility index (Phi) is 5.33. The van der Waals surface area contributed by atoms with E-state index < -0.39 is 0 Å². The van der Waals surface area contributed by atoms with Crippen molar-refractivity contribution in [3.63, 3.8) is 0 Å². The number of carbonyl (C=O) groups is 1. The van der Waals surface area contributed by atoms with Gasteiger partial charge in [-0.1, -0.05) is 28.1 Å². The molecule has 21 heavy (non-hydrogen) atoms. The molecule has 1 atom stereocenters. The first-order valence-electron chi connectivity index (χ1n) is 6.76. The Hall–Kier alpha value is -1.88. The van der Waals surface area contributed by atoms with Crippen LogP contribution in [0.2, 0.25) is 0 Å². The summed E-state index contributed by atoms with van der Waals surface area (Å²) in [4.78, 5) is 15.2. The summed E-state index contributed by atoms with van der Waals surface area (Å²) in [6.45, 7) is 4.14. The van der Waals surface area contributed by atoms with Gasteiger partial charge >= 0.3 is 0 Å². The zero-order valence-electron chi connectivity index (χ0n) is 12.1. The van der Waals surface area contributed by atoms with Crippen LogP contribution in [0.3, 0.4) is 0 Å². The number of aromatic nitrogens is 1. The zero-order valence-corrected chi connectivity index (χ0v) is 13.6. The number of nitrogens with one attached hydrogen (secondary N) is 2. The standard InChI is InChI=1S/C16H18BrN3O/c1-11(16-9-14(17)7-8-18-16)20-15-5-3-13(4-6-15)10-19-12(2)21/h3-9,11,20H,10H2,1-2H3,(H,19,21). The minimum Gasteiger partial charge on any atom is -0.377 e. The van der Waals surface area contributed by atoms with Crippen LogP contribution >= 0.6 is 15.9 Å². The number of anilines is 1. The van der Waals surface area contributed by atoms with Crippen molar-refractivity contribution >= 4 is 27.5 Å². The summed E-state index contributed by atoms with van der Waals surface area (Å²) >= 11 is 3.45. The number of benzene rings is 1. The summed E-state index contributed by atoms with van der Waals surface area (Å²) in [6.07, 6.45) is 1.79. The molecule has 0 aliphatic rings. The average molecular weight is 348 g/mol. The number of rotatable bonds is 5. The van der Waals surface area contributed by atoms with Crippen molar-refractivity contribution < 1.29 is 4.79 Å². The molecule has 5 heteroatoms. The maximum absolute atomic E-state index is 10.9. The van der Waals surface area contributed by atoms with Gasteiger partial charge in [-0.15, -0.1) is 0 Å². The van der Waals surface area contributed by atoms with Crippen molar-refractivity contribution in [2.24, 2.45) is 0 Å². The van der Waals surface area contributed by atoms with E-state index in [0.29, 0.717) is 6.54 Å². The van der Waals surface area contributed by atoms with Crippen LogP contribution in [0.4, 0.5) is 5.69 Å². The Morgan fingerprint density at radius 1 is 1.29 bits per heavy atom. The SMILES string of the molecule is CC(=O)NCc1ccc(NC(C)c2cc(Br)ccn2)cc1. The lowest BCUT2D eigenvalue weighted by atomic mass is 10.1. The Labute approximate surface area is 133 Å². The fraction of sp³-hybridized carbons (Fsp3) is 0.250. The minimum atomic E-state index is -0.0217. The summed E-state index contributed by atoms with van der Waals surface area (Å²) in [5.74, 6) is -0.0217. The number of hydrogen-bond acceptors (Lipinski definition) is 3. The van der Waals surface area contributed by atoms with Crippen LogP contribution in [-0.4, -0.2) is 10.9 Å². The molecule has 4 nitrogen and oxygen atoms in total. The highest BCUT2D eigenvalue weighted by atomic mass is 79.9. The largest absolute Gasteiger partial charge is 0.377 e. The summed E-state index contributed by atoms with van der Waals surface area (Å²) in [7, 11) is 0. The third kappa shape index (κ3) is 4.86. The lowest BCUT2D eigenvalue weighted by molar-refractivity contribution is -0.119. The highest BCUT2D eigenvalue weighted by molar-refractivity contribution is 9.10. The third-order valence-electron chi connectivity index (χ3n) is 3.07. The predicted molar refractivity (Wildman–Crippen MR) is 87.9 cm³/mol. The molecule has 2 N–H and O–H groups in total. The molecule has 1 amide bonds. The number of nitrogens with zero attached hydrogens (tertiary/aromatic N) is 1. The maximum atomic E-state index is 10.9. The molecule has 0 fully saturated rings. The Balaban J connectivity index is 1.98. The second kappa shape index (κ2) is 7.22. The summed E-state index contributed by atoms with van der Waals surface area (Å²) in [6, 6.07) is 12.0. The van der Waals surface area contributed by atoms with Crippen LogP contribution in [-0.2, 0) is 11.3 Å². The quantitative estimate of drug-likeness (QED) is 0.867. The first-order valence-corrected chi connectivity index (χ1v) is 7.55. The number of carbonyl (C=O) groups excluding carboxylic acids is 1. The fourth-order valence-corrected chi connectivity index (χ4v) is 2.28. The summed E-state index contributed by atoms with van der Waals surface area (Å²) in [5, 5.41) is 6.19. The van der Waals surface area contributed by atoms with Crippen LogP contribution in [0.15, 0.2) is 47.1 Å². The first-order chi connectivity index (χ1) is 10.0. The molecular weight excluding hydrogens is 330 g/mol. The molecule has 0 radical (unpaired) electrons. The molecule has 0 spiro atoms. The van der Waals surface area contributed by atoms with E-state index in [4.69, 9.17) is 0 Å². The maximum Gasteiger partial charge on any atom is 0.217 e. The Bertz CT molecular complexity index is 613.